The molecule has 0 aromatic rings. The molecule has 1 heterocycles. The minimum atomic E-state index is -4.49. The summed E-state index contributed by atoms with van der Waals surface area (Å²) in [6.07, 6.45) is -4.36. The van der Waals surface area contributed by atoms with Gasteiger partial charge in [0.2, 0.25) is 0 Å². The second kappa shape index (κ2) is 5.36. The molecule has 1 saturated heterocycles. The van der Waals surface area contributed by atoms with Gasteiger partial charge < -0.3 is 20.5 Å². The summed E-state index contributed by atoms with van der Waals surface area (Å²) in [5.74, 6) is -1.08. The monoisotopic (exact) mass is 310 g/mol. The number of carboxylic acid groups (broad SMARTS) is 1. The van der Waals surface area contributed by atoms with Crippen LogP contribution in [-0.4, -0.2) is 48.6 Å². The maximum absolute atomic E-state index is 12.7. The smallest absolute Gasteiger partial charge is 0.411 e. The predicted molar refractivity (Wildman–Crippen MR) is 64.7 cm³/mol. The second-order valence-corrected chi connectivity index (χ2v) is 5.59. The number of alkyl halides is 3. The lowest BCUT2D eigenvalue weighted by molar-refractivity contribution is -0.163. The van der Waals surface area contributed by atoms with E-state index in [2.05, 4.69) is 5.32 Å². The van der Waals surface area contributed by atoms with Crippen LogP contribution >= 0.6 is 0 Å². The van der Waals surface area contributed by atoms with Crippen molar-refractivity contribution in [1.82, 2.24) is 10.6 Å². The summed E-state index contributed by atoms with van der Waals surface area (Å²) in [4.78, 5) is 22.9. The Labute approximate surface area is 119 Å². The molecular weight excluding hydrogens is 293 g/mol. The van der Waals surface area contributed by atoms with Gasteiger partial charge in [0.1, 0.15) is 5.54 Å². The van der Waals surface area contributed by atoms with Crippen LogP contribution in [0.15, 0.2) is 0 Å². The maximum atomic E-state index is 12.7. The van der Waals surface area contributed by atoms with E-state index in [9.17, 15) is 27.9 Å². The summed E-state index contributed by atoms with van der Waals surface area (Å²) in [5, 5.41) is 13.4. The largest absolute Gasteiger partial charge is 0.481 e. The average molecular weight is 310 g/mol. The van der Waals surface area contributed by atoms with Crippen LogP contribution in [0.25, 0.3) is 0 Å². The van der Waals surface area contributed by atoms with Crippen molar-refractivity contribution in [3.8, 4) is 0 Å². The molecule has 0 unspecified atom stereocenters. The van der Waals surface area contributed by atoms with E-state index in [1.807, 2.05) is 5.32 Å². The zero-order chi connectivity index (χ0) is 15.7. The number of carboxylic acids is 1. The average Bonchev–Trinajstić information content (AvgIpc) is 3.18. The number of carbonyl (C=O) groups is 2. The maximum Gasteiger partial charge on any atom is 0.411 e. The van der Waals surface area contributed by atoms with Crippen molar-refractivity contribution in [2.24, 2.45) is 5.41 Å². The Bertz CT molecular complexity index is 429. The van der Waals surface area contributed by atoms with Gasteiger partial charge in [-0.1, -0.05) is 0 Å². The molecule has 21 heavy (non-hydrogen) atoms. The van der Waals surface area contributed by atoms with Crippen LogP contribution in [0.2, 0.25) is 0 Å². The van der Waals surface area contributed by atoms with Crippen LogP contribution in [0.3, 0.4) is 0 Å². The van der Waals surface area contributed by atoms with Crippen molar-refractivity contribution in [3.05, 3.63) is 0 Å². The molecule has 9 heteroatoms. The lowest BCUT2D eigenvalue weighted by atomic mass is 9.80. The van der Waals surface area contributed by atoms with Gasteiger partial charge in [-0.3, -0.25) is 4.79 Å². The van der Waals surface area contributed by atoms with Crippen molar-refractivity contribution < 1.29 is 32.6 Å². The molecule has 0 spiro atoms. The first-order valence-electron chi connectivity index (χ1n) is 6.65. The number of amides is 2. The Morgan fingerprint density at radius 2 is 1.71 bits per heavy atom. The number of hydrogen-bond acceptors (Lipinski definition) is 3. The Morgan fingerprint density at radius 3 is 2.14 bits per heavy atom. The van der Waals surface area contributed by atoms with E-state index in [0.717, 1.165) is 0 Å². The summed E-state index contributed by atoms with van der Waals surface area (Å²) < 4.78 is 43.2. The molecule has 0 aromatic carbocycles. The van der Waals surface area contributed by atoms with Crippen LogP contribution in [0.1, 0.15) is 25.7 Å². The minimum Gasteiger partial charge on any atom is -0.481 e. The van der Waals surface area contributed by atoms with Crippen LogP contribution < -0.4 is 10.6 Å². The SMILES string of the molecule is O=C(NCC1(C(=O)O)CCOCC1)NC1(C(F)(F)F)CC1. The highest BCUT2D eigenvalue weighted by molar-refractivity contribution is 5.79. The number of aliphatic carboxylic acids is 1. The molecule has 2 amide bonds. The van der Waals surface area contributed by atoms with Crippen LogP contribution in [0, 0.1) is 5.41 Å². The van der Waals surface area contributed by atoms with Gasteiger partial charge in [-0.15, -0.1) is 0 Å². The van der Waals surface area contributed by atoms with E-state index in [0.29, 0.717) is 0 Å². The Morgan fingerprint density at radius 1 is 1.14 bits per heavy atom. The van der Waals surface area contributed by atoms with Crippen molar-refractivity contribution in [2.75, 3.05) is 19.8 Å². The van der Waals surface area contributed by atoms with E-state index in [1.165, 1.54) is 0 Å². The van der Waals surface area contributed by atoms with Gasteiger partial charge in [-0.25, -0.2) is 4.79 Å². The molecule has 0 aromatic heterocycles. The molecule has 1 saturated carbocycles. The van der Waals surface area contributed by atoms with E-state index < -0.39 is 29.1 Å². The summed E-state index contributed by atoms with van der Waals surface area (Å²) >= 11 is 0. The zero-order valence-corrected chi connectivity index (χ0v) is 11.3. The van der Waals surface area contributed by atoms with E-state index in [1.54, 1.807) is 0 Å². The summed E-state index contributed by atoms with van der Waals surface area (Å²) in [5.41, 5.74) is -3.33. The summed E-state index contributed by atoms with van der Waals surface area (Å²) in [6, 6.07) is -0.989. The first kappa shape index (κ1) is 15.9. The predicted octanol–water partition coefficient (Wildman–Crippen LogP) is 1.26. The number of rotatable bonds is 4. The van der Waals surface area contributed by atoms with Crippen LogP contribution in [0.4, 0.5) is 18.0 Å². The van der Waals surface area contributed by atoms with Gasteiger partial charge in [-0.2, -0.15) is 13.2 Å². The number of hydrogen-bond donors (Lipinski definition) is 3. The molecule has 3 N–H and O–H groups in total. The Kier molecular flexibility index (Phi) is 4.05. The number of halogens is 3. The first-order chi connectivity index (χ1) is 9.71. The molecule has 0 radical (unpaired) electrons. The van der Waals surface area contributed by atoms with Crippen molar-refractivity contribution in [2.45, 2.75) is 37.4 Å². The molecule has 1 aliphatic heterocycles. The highest BCUT2D eigenvalue weighted by Crippen LogP contribution is 2.48. The van der Waals surface area contributed by atoms with Gasteiger partial charge in [-0.05, 0) is 25.7 Å². The molecule has 0 atom stereocenters. The molecule has 1 aliphatic carbocycles. The summed E-state index contributed by atoms with van der Waals surface area (Å²) in [6.45, 7) is 0.287. The molecule has 0 bridgehead atoms. The third-order valence-corrected chi connectivity index (χ3v) is 4.14. The first-order valence-corrected chi connectivity index (χ1v) is 6.65. The van der Waals surface area contributed by atoms with Crippen LogP contribution in [-0.2, 0) is 9.53 Å². The van der Waals surface area contributed by atoms with E-state index in [4.69, 9.17) is 4.74 Å². The molecule has 120 valence electrons. The van der Waals surface area contributed by atoms with Gasteiger partial charge in [0.05, 0.1) is 5.41 Å². The van der Waals surface area contributed by atoms with Crippen molar-refractivity contribution in [1.29, 1.82) is 0 Å². The van der Waals surface area contributed by atoms with Gasteiger partial charge >= 0.3 is 18.2 Å². The molecule has 2 rings (SSSR count). The Hall–Kier alpha value is -1.51. The topological polar surface area (TPSA) is 87.7 Å². The lowest BCUT2D eigenvalue weighted by Gasteiger charge is -2.33. The normalized spacial score (nSPS) is 23.2. The Balaban J connectivity index is 1.90. The molecule has 2 aliphatic rings. The van der Waals surface area contributed by atoms with Crippen molar-refractivity contribution in [3.63, 3.8) is 0 Å². The van der Waals surface area contributed by atoms with Crippen LogP contribution in [0.5, 0.6) is 0 Å². The highest BCUT2D eigenvalue weighted by Gasteiger charge is 2.64. The second-order valence-electron chi connectivity index (χ2n) is 5.59. The third kappa shape index (κ3) is 3.22. The highest BCUT2D eigenvalue weighted by atomic mass is 19.4. The van der Waals surface area contributed by atoms with Crippen molar-refractivity contribution >= 4 is 12.0 Å². The zero-order valence-electron chi connectivity index (χ0n) is 11.3. The quantitative estimate of drug-likeness (QED) is 0.729. The number of urea groups is 1. The minimum absolute atomic E-state index is 0.151. The molecule has 2 fully saturated rings. The number of ether oxygens (including phenoxy) is 1. The number of nitrogens with one attached hydrogen (secondary N) is 2. The van der Waals surface area contributed by atoms with E-state index in [-0.39, 0.29) is 45.4 Å². The van der Waals surface area contributed by atoms with Gasteiger partial charge in [0, 0.05) is 19.8 Å². The molecular formula is C12H17F3N2O4. The fourth-order valence-corrected chi connectivity index (χ4v) is 2.34. The summed E-state index contributed by atoms with van der Waals surface area (Å²) in [7, 11) is 0. The van der Waals surface area contributed by atoms with Gasteiger partial charge in [0.15, 0.2) is 0 Å². The fourth-order valence-electron chi connectivity index (χ4n) is 2.34. The van der Waals surface area contributed by atoms with Gasteiger partial charge in [0.25, 0.3) is 0 Å². The fraction of sp³-hybridized carbons (Fsp3) is 0.833. The number of carbonyl (C=O) groups excluding carboxylic acids is 1. The third-order valence-electron chi connectivity index (χ3n) is 4.14. The molecule has 6 nitrogen and oxygen atoms in total. The van der Waals surface area contributed by atoms with E-state index >= 15 is 0 Å². The standard InChI is InChI=1S/C12H17F3N2O4/c13-12(14,15)11(1-2-11)17-9(20)16-7-10(8(18)19)3-5-21-6-4-10/h1-7H2,(H,18,19)(H2,16,17,20). The lowest BCUT2D eigenvalue weighted by Crippen LogP contribution is -2.54.